The van der Waals surface area contributed by atoms with E-state index in [0.29, 0.717) is 10.3 Å². The van der Waals surface area contributed by atoms with Gasteiger partial charge >= 0.3 is 0 Å². The van der Waals surface area contributed by atoms with Crippen LogP contribution in [0.2, 0.25) is 0 Å². The molecule has 2 N–H and O–H groups in total. The van der Waals surface area contributed by atoms with Crippen LogP contribution in [-0.2, 0) is 16.6 Å². The Morgan fingerprint density at radius 1 is 1.47 bits per heavy atom. The molecule has 4 nitrogen and oxygen atoms in total. The van der Waals surface area contributed by atoms with Crippen molar-refractivity contribution in [3.63, 3.8) is 0 Å². The van der Waals surface area contributed by atoms with Crippen LogP contribution in [0.1, 0.15) is 17.7 Å². The molecule has 0 aromatic carbocycles. The van der Waals surface area contributed by atoms with Crippen molar-refractivity contribution in [2.75, 3.05) is 7.05 Å². The Kier molecular flexibility index (Phi) is 3.11. The number of hydrogen-bond acceptors (Lipinski definition) is 4. The Labute approximate surface area is 93.8 Å². The second kappa shape index (κ2) is 4.21. The molecule has 0 spiro atoms. The molecule has 84 valence electrons. The minimum Gasteiger partial charge on any atom is -0.309 e. The average Bonchev–Trinajstić information content (AvgIpc) is 2.92. The summed E-state index contributed by atoms with van der Waals surface area (Å²) < 4.78 is 25.6. The van der Waals surface area contributed by atoms with E-state index in [9.17, 15) is 8.42 Å². The van der Waals surface area contributed by atoms with Crippen LogP contribution < -0.4 is 10.0 Å². The van der Waals surface area contributed by atoms with Crippen LogP contribution in [0.25, 0.3) is 0 Å². The minimum absolute atomic E-state index is 0.387. The third-order valence-corrected chi connectivity index (χ3v) is 5.30. The lowest BCUT2D eigenvalue weighted by Crippen LogP contribution is -2.17. The van der Waals surface area contributed by atoms with Crippen LogP contribution in [0.3, 0.4) is 0 Å². The fourth-order valence-electron chi connectivity index (χ4n) is 1.23. The van der Waals surface area contributed by atoms with Crippen molar-refractivity contribution < 1.29 is 8.42 Å². The highest BCUT2D eigenvalue weighted by Gasteiger charge is 2.21. The largest absolute Gasteiger partial charge is 0.309 e. The van der Waals surface area contributed by atoms with E-state index in [0.717, 1.165) is 11.4 Å². The second-order valence-corrected chi connectivity index (χ2v) is 6.87. The molecule has 0 amide bonds. The van der Waals surface area contributed by atoms with Gasteiger partial charge in [-0.25, -0.2) is 13.1 Å². The quantitative estimate of drug-likeness (QED) is 0.812. The minimum atomic E-state index is -3.26. The molecule has 1 aliphatic rings. The van der Waals surface area contributed by atoms with Gasteiger partial charge in [-0.1, -0.05) is 0 Å². The van der Waals surface area contributed by atoms with E-state index in [2.05, 4.69) is 10.0 Å². The number of hydrogen-bond donors (Lipinski definition) is 2. The molecule has 0 atom stereocenters. The first-order valence-electron chi connectivity index (χ1n) is 4.87. The summed E-state index contributed by atoms with van der Waals surface area (Å²) in [6.07, 6.45) is 2.49. The Hall–Kier alpha value is -0.430. The molecule has 1 saturated carbocycles. The number of thiophene rings is 1. The maximum atomic E-state index is 11.4. The molecule has 0 saturated heterocycles. The Morgan fingerprint density at radius 2 is 2.20 bits per heavy atom. The third kappa shape index (κ3) is 2.78. The van der Waals surface area contributed by atoms with Crippen LogP contribution in [0, 0.1) is 0 Å². The van der Waals surface area contributed by atoms with Gasteiger partial charge < -0.3 is 5.32 Å². The van der Waals surface area contributed by atoms with Gasteiger partial charge in [0, 0.05) is 17.5 Å². The summed E-state index contributed by atoms with van der Waals surface area (Å²) in [7, 11) is -1.83. The molecule has 15 heavy (non-hydrogen) atoms. The molecule has 0 bridgehead atoms. The normalized spacial score (nSPS) is 16.9. The van der Waals surface area contributed by atoms with Gasteiger partial charge in [0.2, 0.25) is 10.0 Å². The summed E-state index contributed by atoms with van der Waals surface area (Å²) >= 11 is 1.32. The topological polar surface area (TPSA) is 58.2 Å². The molecule has 0 aliphatic heterocycles. The van der Waals surface area contributed by atoms with Gasteiger partial charge in [-0.15, -0.1) is 11.3 Å². The number of rotatable bonds is 5. The summed E-state index contributed by atoms with van der Waals surface area (Å²) in [5.74, 6) is 0. The van der Waals surface area contributed by atoms with Crippen LogP contribution in [0.15, 0.2) is 16.3 Å². The van der Waals surface area contributed by atoms with E-state index < -0.39 is 10.0 Å². The molecule has 1 aliphatic carbocycles. The zero-order chi connectivity index (χ0) is 10.9. The van der Waals surface area contributed by atoms with E-state index in [1.807, 2.05) is 6.07 Å². The van der Waals surface area contributed by atoms with Crippen LogP contribution in [-0.4, -0.2) is 21.5 Å². The van der Waals surface area contributed by atoms with Crippen molar-refractivity contribution in [2.45, 2.75) is 29.6 Å². The lowest BCUT2D eigenvalue weighted by Gasteiger charge is -1.99. The maximum Gasteiger partial charge on any atom is 0.249 e. The highest BCUT2D eigenvalue weighted by atomic mass is 32.2. The first kappa shape index (κ1) is 11.1. The predicted molar refractivity (Wildman–Crippen MR) is 60.4 cm³/mol. The zero-order valence-corrected chi connectivity index (χ0v) is 10.1. The lowest BCUT2D eigenvalue weighted by molar-refractivity contribution is 0.590. The van der Waals surface area contributed by atoms with E-state index in [1.165, 1.54) is 31.2 Å². The Bertz CT molecular complexity index is 435. The van der Waals surface area contributed by atoms with Gasteiger partial charge in [-0.2, -0.15) is 0 Å². The molecule has 6 heteroatoms. The molecule has 1 fully saturated rings. The molecule has 0 radical (unpaired) electrons. The number of sulfonamides is 1. The van der Waals surface area contributed by atoms with Crippen LogP contribution in [0.4, 0.5) is 0 Å². The molecular weight excluding hydrogens is 232 g/mol. The van der Waals surface area contributed by atoms with E-state index in [-0.39, 0.29) is 0 Å². The van der Waals surface area contributed by atoms with Gasteiger partial charge in [0.25, 0.3) is 0 Å². The summed E-state index contributed by atoms with van der Waals surface area (Å²) in [5.41, 5.74) is 0. The Morgan fingerprint density at radius 3 is 2.80 bits per heavy atom. The summed E-state index contributed by atoms with van der Waals surface area (Å²) in [6, 6.07) is 4.17. The fourth-order valence-corrected chi connectivity index (χ4v) is 3.38. The van der Waals surface area contributed by atoms with Gasteiger partial charge in [0.15, 0.2) is 0 Å². The van der Waals surface area contributed by atoms with Crippen molar-refractivity contribution in [1.82, 2.24) is 10.0 Å². The third-order valence-electron chi connectivity index (χ3n) is 2.31. The van der Waals surface area contributed by atoms with Gasteiger partial charge in [0.05, 0.1) is 0 Å². The number of nitrogens with one attached hydrogen (secondary N) is 2. The molecule has 1 heterocycles. The molecular formula is C9H14N2O2S2. The smallest absolute Gasteiger partial charge is 0.249 e. The fraction of sp³-hybridized carbons (Fsp3) is 0.556. The van der Waals surface area contributed by atoms with E-state index in [1.54, 1.807) is 6.07 Å². The van der Waals surface area contributed by atoms with Gasteiger partial charge in [-0.05, 0) is 32.0 Å². The zero-order valence-electron chi connectivity index (χ0n) is 8.49. The highest BCUT2D eigenvalue weighted by Crippen LogP contribution is 2.23. The maximum absolute atomic E-state index is 11.4. The van der Waals surface area contributed by atoms with Crippen molar-refractivity contribution in [3.8, 4) is 0 Å². The Balaban J connectivity index is 2.02. The standard InChI is InChI=1S/C9H14N2O2S2/c1-10-15(12,13)9-5-4-8(14-9)6-11-7-2-3-7/h4-5,7,10-11H,2-3,6H2,1H3. The molecule has 1 aromatic rings. The first-order valence-corrected chi connectivity index (χ1v) is 7.17. The SMILES string of the molecule is CNS(=O)(=O)c1ccc(CNC2CC2)s1. The van der Waals surface area contributed by atoms with Crippen LogP contribution >= 0.6 is 11.3 Å². The molecule has 2 rings (SSSR count). The second-order valence-electron chi connectivity index (χ2n) is 3.58. The summed E-state index contributed by atoms with van der Waals surface area (Å²) in [6.45, 7) is 0.772. The van der Waals surface area contributed by atoms with Crippen molar-refractivity contribution in [1.29, 1.82) is 0 Å². The van der Waals surface area contributed by atoms with Gasteiger partial charge in [-0.3, -0.25) is 0 Å². The van der Waals surface area contributed by atoms with Crippen molar-refractivity contribution >= 4 is 21.4 Å². The highest BCUT2D eigenvalue weighted by molar-refractivity contribution is 7.91. The molecule has 0 unspecified atom stereocenters. The summed E-state index contributed by atoms with van der Waals surface area (Å²) in [5, 5.41) is 3.35. The first-order chi connectivity index (χ1) is 7.12. The van der Waals surface area contributed by atoms with Crippen LogP contribution in [0.5, 0.6) is 0 Å². The molecule has 1 aromatic heterocycles. The van der Waals surface area contributed by atoms with Crippen molar-refractivity contribution in [2.24, 2.45) is 0 Å². The van der Waals surface area contributed by atoms with E-state index in [4.69, 9.17) is 0 Å². The monoisotopic (exact) mass is 246 g/mol. The summed E-state index contributed by atoms with van der Waals surface area (Å²) in [4.78, 5) is 1.07. The van der Waals surface area contributed by atoms with E-state index >= 15 is 0 Å². The predicted octanol–water partition coefficient (Wildman–Crippen LogP) is 0.908. The lowest BCUT2D eigenvalue weighted by atomic mass is 10.4. The van der Waals surface area contributed by atoms with Gasteiger partial charge in [0.1, 0.15) is 4.21 Å². The van der Waals surface area contributed by atoms with Crippen molar-refractivity contribution in [3.05, 3.63) is 17.0 Å². The average molecular weight is 246 g/mol.